The van der Waals surface area contributed by atoms with Gasteiger partial charge in [0.15, 0.2) is 5.78 Å². The van der Waals surface area contributed by atoms with Gasteiger partial charge in [-0.1, -0.05) is 49.8 Å². The Balaban J connectivity index is 1.77. The van der Waals surface area contributed by atoms with E-state index in [0.29, 0.717) is 24.0 Å². The molecule has 1 aromatic rings. The summed E-state index contributed by atoms with van der Waals surface area (Å²) in [5, 5.41) is 0. The lowest BCUT2D eigenvalue weighted by atomic mass is 9.75. The van der Waals surface area contributed by atoms with Gasteiger partial charge in [-0.2, -0.15) is 0 Å². The highest BCUT2D eigenvalue weighted by Crippen LogP contribution is 2.55. The van der Waals surface area contributed by atoms with Crippen molar-refractivity contribution < 1.29 is 4.79 Å². The summed E-state index contributed by atoms with van der Waals surface area (Å²) in [6.45, 7) is 4.41. The van der Waals surface area contributed by atoms with Crippen molar-refractivity contribution in [3.05, 3.63) is 47.5 Å². The molecule has 1 heteroatoms. The normalized spacial score (nSPS) is 29.9. The van der Waals surface area contributed by atoms with Gasteiger partial charge in [0.05, 0.1) is 0 Å². The third kappa shape index (κ3) is 2.27. The number of allylic oxidation sites excluding steroid dienone is 2. The fourth-order valence-electron chi connectivity index (χ4n) is 3.31. The van der Waals surface area contributed by atoms with E-state index in [-0.39, 0.29) is 5.41 Å². The van der Waals surface area contributed by atoms with E-state index >= 15 is 0 Å². The summed E-state index contributed by atoms with van der Waals surface area (Å²) in [6.07, 6.45) is 4.95. The van der Waals surface area contributed by atoms with Crippen LogP contribution in [0.3, 0.4) is 0 Å². The van der Waals surface area contributed by atoms with E-state index in [9.17, 15) is 4.79 Å². The van der Waals surface area contributed by atoms with Crippen molar-refractivity contribution in [1.82, 2.24) is 0 Å². The lowest BCUT2D eigenvalue weighted by Gasteiger charge is -2.29. The summed E-state index contributed by atoms with van der Waals surface area (Å²) in [6, 6.07) is 10.7. The van der Waals surface area contributed by atoms with Crippen LogP contribution in [0.2, 0.25) is 0 Å². The zero-order valence-corrected chi connectivity index (χ0v) is 11.1. The first-order chi connectivity index (χ1) is 8.55. The van der Waals surface area contributed by atoms with E-state index in [1.54, 1.807) is 0 Å². The molecule has 0 N–H and O–H groups in total. The Labute approximate surface area is 109 Å². The predicted octanol–water partition coefficient (Wildman–Crippen LogP) is 4.11. The van der Waals surface area contributed by atoms with E-state index in [4.69, 9.17) is 0 Å². The van der Waals surface area contributed by atoms with Crippen LogP contribution < -0.4 is 0 Å². The third-order valence-corrected chi connectivity index (χ3v) is 4.18. The van der Waals surface area contributed by atoms with Crippen LogP contribution in [0.25, 0.3) is 0 Å². The maximum Gasteiger partial charge on any atom is 0.156 e. The molecule has 0 saturated heterocycles. The summed E-state index contributed by atoms with van der Waals surface area (Å²) < 4.78 is 0. The Hall–Kier alpha value is -1.37. The molecule has 0 spiro atoms. The van der Waals surface area contributed by atoms with Gasteiger partial charge in [0.25, 0.3) is 0 Å². The molecule has 0 amide bonds. The van der Waals surface area contributed by atoms with Crippen molar-refractivity contribution in [3.63, 3.8) is 0 Å². The highest BCUT2D eigenvalue weighted by Gasteiger charge is 2.43. The molecular weight excluding hydrogens is 220 g/mol. The molecule has 2 aliphatic rings. The van der Waals surface area contributed by atoms with Crippen LogP contribution in [0.4, 0.5) is 0 Å². The molecule has 0 aliphatic heterocycles. The molecular formula is C17H20O. The standard InChI is InChI=1S/C17H20O/c1-17(2)10-13(8-14(18)11-17)16-9-15(16)12-6-4-3-5-7-12/h3-8,15-16H,9-11H2,1-2H3. The van der Waals surface area contributed by atoms with Crippen molar-refractivity contribution in [2.75, 3.05) is 0 Å². The average Bonchev–Trinajstić information content (AvgIpc) is 3.07. The SMILES string of the molecule is CC1(C)CC(=O)C=C(C2CC2c2ccccc2)C1. The first-order valence-electron chi connectivity index (χ1n) is 6.83. The first-order valence-corrected chi connectivity index (χ1v) is 6.83. The molecule has 2 atom stereocenters. The lowest BCUT2D eigenvalue weighted by Crippen LogP contribution is -2.22. The molecule has 0 bridgehead atoms. The van der Waals surface area contributed by atoms with Crippen LogP contribution in [0.5, 0.6) is 0 Å². The molecule has 0 aromatic heterocycles. The Morgan fingerprint density at radius 3 is 2.44 bits per heavy atom. The van der Waals surface area contributed by atoms with Crippen LogP contribution in [0.1, 0.15) is 44.6 Å². The molecule has 18 heavy (non-hydrogen) atoms. The van der Waals surface area contributed by atoms with Crippen molar-refractivity contribution in [2.45, 2.75) is 39.0 Å². The molecule has 1 nitrogen and oxygen atoms in total. The largest absolute Gasteiger partial charge is 0.295 e. The number of carbonyl (C=O) groups excluding carboxylic acids is 1. The van der Waals surface area contributed by atoms with Crippen molar-refractivity contribution in [1.29, 1.82) is 0 Å². The summed E-state index contributed by atoms with van der Waals surface area (Å²) in [5.74, 6) is 1.59. The molecule has 0 radical (unpaired) electrons. The van der Waals surface area contributed by atoms with Crippen LogP contribution in [-0.2, 0) is 4.79 Å². The molecule has 94 valence electrons. The summed E-state index contributed by atoms with van der Waals surface area (Å²) in [5.41, 5.74) is 2.98. The monoisotopic (exact) mass is 240 g/mol. The van der Waals surface area contributed by atoms with Gasteiger partial charge in [0.2, 0.25) is 0 Å². The van der Waals surface area contributed by atoms with Gasteiger partial charge in [-0.25, -0.2) is 0 Å². The predicted molar refractivity (Wildman–Crippen MR) is 73.4 cm³/mol. The van der Waals surface area contributed by atoms with Gasteiger partial charge < -0.3 is 0 Å². The zero-order valence-electron chi connectivity index (χ0n) is 11.1. The number of ketones is 1. The van der Waals surface area contributed by atoms with E-state index in [0.717, 1.165) is 6.42 Å². The second-order valence-electron chi connectivity index (χ2n) is 6.56. The minimum absolute atomic E-state index is 0.158. The molecule has 3 rings (SSSR count). The number of rotatable bonds is 2. The van der Waals surface area contributed by atoms with Crippen molar-refractivity contribution in [3.8, 4) is 0 Å². The Bertz CT molecular complexity index is 496. The molecule has 1 aromatic carbocycles. The highest BCUT2D eigenvalue weighted by atomic mass is 16.1. The van der Waals surface area contributed by atoms with Crippen LogP contribution in [0, 0.1) is 11.3 Å². The maximum atomic E-state index is 11.8. The highest BCUT2D eigenvalue weighted by molar-refractivity contribution is 5.92. The number of hydrogen-bond donors (Lipinski definition) is 0. The van der Waals surface area contributed by atoms with E-state index < -0.39 is 0 Å². The Morgan fingerprint density at radius 1 is 1.06 bits per heavy atom. The van der Waals surface area contributed by atoms with Crippen LogP contribution in [0.15, 0.2) is 42.0 Å². The number of benzene rings is 1. The lowest BCUT2D eigenvalue weighted by molar-refractivity contribution is -0.117. The molecule has 1 saturated carbocycles. The number of hydrogen-bond acceptors (Lipinski definition) is 1. The van der Waals surface area contributed by atoms with Gasteiger partial charge in [0.1, 0.15) is 0 Å². The van der Waals surface area contributed by atoms with Gasteiger partial charge in [0, 0.05) is 6.42 Å². The minimum atomic E-state index is 0.158. The van der Waals surface area contributed by atoms with E-state index in [1.807, 2.05) is 6.08 Å². The Kier molecular flexibility index (Phi) is 2.65. The molecule has 2 unspecified atom stereocenters. The first kappa shape index (κ1) is 11.7. The topological polar surface area (TPSA) is 17.1 Å². The van der Waals surface area contributed by atoms with Gasteiger partial charge >= 0.3 is 0 Å². The third-order valence-electron chi connectivity index (χ3n) is 4.18. The van der Waals surface area contributed by atoms with Gasteiger partial charge in [-0.3, -0.25) is 4.79 Å². The van der Waals surface area contributed by atoms with Gasteiger partial charge in [-0.15, -0.1) is 0 Å². The van der Waals surface area contributed by atoms with Crippen LogP contribution >= 0.6 is 0 Å². The smallest absolute Gasteiger partial charge is 0.156 e. The molecule has 1 fully saturated rings. The molecule has 2 aliphatic carbocycles. The van der Waals surface area contributed by atoms with E-state index in [1.165, 1.54) is 17.6 Å². The van der Waals surface area contributed by atoms with E-state index in [2.05, 4.69) is 44.2 Å². The fraction of sp³-hybridized carbons (Fsp3) is 0.471. The molecule has 0 heterocycles. The minimum Gasteiger partial charge on any atom is -0.295 e. The number of carbonyl (C=O) groups is 1. The maximum absolute atomic E-state index is 11.8. The zero-order chi connectivity index (χ0) is 12.8. The second-order valence-corrected chi connectivity index (χ2v) is 6.56. The average molecular weight is 240 g/mol. The fourth-order valence-corrected chi connectivity index (χ4v) is 3.31. The van der Waals surface area contributed by atoms with Crippen molar-refractivity contribution in [2.24, 2.45) is 11.3 Å². The van der Waals surface area contributed by atoms with Crippen molar-refractivity contribution >= 4 is 5.78 Å². The summed E-state index contributed by atoms with van der Waals surface area (Å²) in [7, 11) is 0. The summed E-state index contributed by atoms with van der Waals surface area (Å²) >= 11 is 0. The summed E-state index contributed by atoms with van der Waals surface area (Å²) in [4.78, 5) is 11.8. The van der Waals surface area contributed by atoms with Gasteiger partial charge in [-0.05, 0) is 41.7 Å². The Morgan fingerprint density at radius 2 is 1.78 bits per heavy atom. The van der Waals surface area contributed by atoms with Crippen LogP contribution in [-0.4, -0.2) is 5.78 Å². The quantitative estimate of drug-likeness (QED) is 0.760. The second kappa shape index (κ2) is 4.08.